The molecule has 1 fully saturated rings. The summed E-state index contributed by atoms with van der Waals surface area (Å²) in [5.74, 6) is 0. The van der Waals surface area contributed by atoms with Crippen LogP contribution < -0.4 is 10.6 Å². The second kappa shape index (κ2) is 5.07. The van der Waals surface area contributed by atoms with Crippen molar-refractivity contribution in [2.45, 2.75) is 39.5 Å². The quantitative estimate of drug-likeness (QED) is 0.851. The maximum Gasteiger partial charge on any atom is 0.0726 e. The highest BCUT2D eigenvalue weighted by molar-refractivity contribution is 5.55. The van der Waals surface area contributed by atoms with E-state index < -0.39 is 0 Å². The minimum Gasteiger partial charge on any atom is -0.372 e. The van der Waals surface area contributed by atoms with Crippen molar-refractivity contribution in [1.29, 1.82) is 0 Å². The van der Waals surface area contributed by atoms with Crippen LogP contribution in [0.2, 0.25) is 0 Å². The standard InChI is InChI=1S/C14H22N2O/c1-10-6-13(7-15)4-5-14(10)16-8-11(2)17-12(3)9-16/h4-6,11-12H,7-9,15H2,1-3H3/t11-,12+. The van der Waals surface area contributed by atoms with Gasteiger partial charge < -0.3 is 15.4 Å². The number of hydrogen-bond donors (Lipinski definition) is 1. The first-order valence-corrected chi connectivity index (χ1v) is 6.30. The summed E-state index contributed by atoms with van der Waals surface area (Å²) in [4.78, 5) is 2.41. The van der Waals surface area contributed by atoms with Crippen LogP contribution in [0, 0.1) is 6.92 Å². The Morgan fingerprint density at radius 2 is 1.94 bits per heavy atom. The van der Waals surface area contributed by atoms with Gasteiger partial charge in [0.15, 0.2) is 0 Å². The molecule has 3 heteroatoms. The topological polar surface area (TPSA) is 38.5 Å². The van der Waals surface area contributed by atoms with Crippen LogP contribution in [0.15, 0.2) is 18.2 Å². The van der Waals surface area contributed by atoms with Crippen molar-refractivity contribution in [3.8, 4) is 0 Å². The number of benzene rings is 1. The minimum absolute atomic E-state index is 0.298. The summed E-state index contributed by atoms with van der Waals surface area (Å²) in [6, 6.07) is 6.48. The van der Waals surface area contributed by atoms with Crippen LogP contribution in [-0.2, 0) is 11.3 Å². The van der Waals surface area contributed by atoms with Gasteiger partial charge in [0.25, 0.3) is 0 Å². The molecule has 1 saturated heterocycles. The highest BCUT2D eigenvalue weighted by atomic mass is 16.5. The highest BCUT2D eigenvalue weighted by Crippen LogP contribution is 2.24. The number of nitrogens with two attached hydrogens (primary N) is 1. The van der Waals surface area contributed by atoms with Crippen LogP contribution in [0.3, 0.4) is 0 Å². The predicted molar refractivity (Wildman–Crippen MR) is 71.3 cm³/mol. The highest BCUT2D eigenvalue weighted by Gasteiger charge is 2.23. The summed E-state index contributed by atoms with van der Waals surface area (Å²) >= 11 is 0. The first-order chi connectivity index (χ1) is 8.10. The molecular weight excluding hydrogens is 212 g/mol. The number of hydrogen-bond acceptors (Lipinski definition) is 3. The number of nitrogens with zero attached hydrogens (tertiary/aromatic N) is 1. The van der Waals surface area contributed by atoms with E-state index in [1.165, 1.54) is 16.8 Å². The van der Waals surface area contributed by atoms with Crippen LogP contribution in [0.25, 0.3) is 0 Å². The number of anilines is 1. The third kappa shape index (κ3) is 2.79. The summed E-state index contributed by atoms with van der Waals surface area (Å²) in [6.07, 6.45) is 0.597. The van der Waals surface area contributed by atoms with E-state index >= 15 is 0 Å². The van der Waals surface area contributed by atoms with Crippen molar-refractivity contribution in [3.63, 3.8) is 0 Å². The first kappa shape index (κ1) is 12.4. The van der Waals surface area contributed by atoms with Gasteiger partial charge in [0, 0.05) is 25.3 Å². The largest absolute Gasteiger partial charge is 0.372 e. The molecule has 17 heavy (non-hydrogen) atoms. The lowest BCUT2D eigenvalue weighted by atomic mass is 10.1. The van der Waals surface area contributed by atoms with Gasteiger partial charge >= 0.3 is 0 Å². The third-order valence-corrected chi connectivity index (χ3v) is 3.26. The van der Waals surface area contributed by atoms with Gasteiger partial charge in [-0.25, -0.2) is 0 Å². The molecule has 3 nitrogen and oxygen atoms in total. The smallest absolute Gasteiger partial charge is 0.0726 e. The van der Waals surface area contributed by atoms with Crippen LogP contribution in [0.4, 0.5) is 5.69 Å². The fourth-order valence-electron chi connectivity index (χ4n) is 2.57. The molecule has 0 spiro atoms. The third-order valence-electron chi connectivity index (χ3n) is 3.26. The number of morpholine rings is 1. The molecule has 1 aromatic rings. The molecule has 1 aliphatic rings. The van der Waals surface area contributed by atoms with Gasteiger partial charge in [0.2, 0.25) is 0 Å². The molecule has 1 aliphatic heterocycles. The number of aryl methyl sites for hydroxylation is 1. The molecule has 0 amide bonds. The Bertz CT molecular complexity index is 382. The zero-order chi connectivity index (χ0) is 12.4. The van der Waals surface area contributed by atoms with E-state index in [0.29, 0.717) is 18.8 Å². The Morgan fingerprint density at radius 3 is 2.47 bits per heavy atom. The second-order valence-corrected chi connectivity index (χ2v) is 4.99. The summed E-state index contributed by atoms with van der Waals surface area (Å²) in [6.45, 7) is 8.95. The van der Waals surface area contributed by atoms with Gasteiger partial charge in [-0.2, -0.15) is 0 Å². The SMILES string of the molecule is Cc1cc(CN)ccc1N1C[C@@H](C)O[C@@H](C)C1. The monoisotopic (exact) mass is 234 g/mol. The molecular formula is C14H22N2O. The van der Waals surface area contributed by atoms with Gasteiger partial charge in [-0.3, -0.25) is 0 Å². The van der Waals surface area contributed by atoms with Gasteiger partial charge in [-0.15, -0.1) is 0 Å². The summed E-state index contributed by atoms with van der Waals surface area (Å²) in [5.41, 5.74) is 9.46. The Hall–Kier alpha value is -1.06. The van der Waals surface area contributed by atoms with E-state index in [1.807, 2.05) is 0 Å². The van der Waals surface area contributed by atoms with Crippen molar-refractivity contribution in [1.82, 2.24) is 0 Å². The first-order valence-electron chi connectivity index (χ1n) is 6.30. The molecule has 1 heterocycles. The van der Waals surface area contributed by atoms with E-state index in [2.05, 4.69) is 43.9 Å². The maximum absolute atomic E-state index is 5.76. The molecule has 0 saturated carbocycles. The molecule has 0 aliphatic carbocycles. The average molecular weight is 234 g/mol. The molecule has 0 bridgehead atoms. The minimum atomic E-state index is 0.298. The van der Waals surface area contributed by atoms with Crippen molar-refractivity contribution >= 4 is 5.69 Å². The Balaban J connectivity index is 2.21. The van der Waals surface area contributed by atoms with Crippen LogP contribution in [0.1, 0.15) is 25.0 Å². The zero-order valence-corrected chi connectivity index (χ0v) is 10.9. The Labute approximate surface area is 104 Å². The van der Waals surface area contributed by atoms with Crippen LogP contribution in [0.5, 0.6) is 0 Å². The normalized spacial score (nSPS) is 25.1. The lowest BCUT2D eigenvalue weighted by Gasteiger charge is -2.37. The van der Waals surface area contributed by atoms with E-state index in [4.69, 9.17) is 10.5 Å². The summed E-state index contributed by atoms with van der Waals surface area (Å²) < 4.78 is 5.76. The lowest BCUT2D eigenvalue weighted by molar-refractivity contribution is -0.00524. The predicted octanol–water partition coefficient (Wildman–Crippen LogP) is 2.07. The van der Waals surface area contributed by atoms with Crippen LogP contribution in [-0.4, -0.2) is 25.3 Å². The van der Waals surface area contributed by atoms with Gasteiger partial charge in [0.1, 0.15) is 0 Å². The van der Waals surface area contributed by atoms with E-state index in [1.54, 1.807) is 0 Å². The molecule has 0 aromatic heterocycles. The molecule has 0 unspecified atom stereocenters. The molecule has 2 rings (SSSR count). The van der Waals surface area contributed by atoms with Gasteiger partial charge in [-0.05, 0) is 38.0 Å². The average Bonchev–Trinajstić information content (AvgIpc) is 2.27. The fraction of sp³-hybridized carbons (Fsp3) is 0.571. The molecule has 0 radical (unpaired) electrons. The van der Waals surface area contributed by atoms with E-state index in [-0.39, 0.29) is 0 Å². The van der Waals surface area contributed by atoms with E-state index in [0.717, 1.165) is 13.1 Å². The van der Waals surface area contributed by atoms with Crippen LogP contribution >= 0.6 is 0 Å². The van der Waals surface area contributed by atoms with E-state index in [9.17, 15) is 0 Å². The molecule has 94 valence electrons. The number of ether oxygens (including phenoxy) is 1. The lowest BCUT2D eigenvalue weighted by Crippen LogP contribution is -2.45. The molecule has 1 aromatic carbocycles. The zero-order valence-electron chi connectivity index (χ0n) is 10.9. The van der Waals surface area contributed by atoms with Crippen molar-refractivity contribution in [3.05, 3.63) is 29.3 Å². The molecule has 2 N–H and O–H groups in total. The van der Waals surface area contributed by atoms with Crippen molar-refractivity contribution < 1.29 is 4.74 Å². The van der Waals surface area contributed by atoms with Crippen molar-refractivity contribution in [2.75, 3.05) is 18.0 Å². The molecule has 2 atom stereocenters. The summed E-state index contributed by atoms with van der Waals surface area (Å²) in [5, 5.41) is 0. The fourth-order valence-corrected chi connectivity index (χ4v) is 2.57. The van der Waals surface area contributed by atoms with Gasteiger partial charge in [0.05, 0.1) is 12.2 Å². The second-order valence-electron chi connectivity index (χ2n) is 4.99. The Kier molecular flexibility index (Phi) is 3.69. The summed E-state index contributed by atoms with van der Waals surface area (Å²) in [7, 11) is 0. The maximum atomic E-state index is 5.76. The van der Waals surface area contributed by atoms with Gasteiger partial charge in [-0.1, -0.05) is 12.1 Å². The Morgan fingerprint density at radius 1 is 1.29 bits per heavy atom. The van der Waals surface area contributed by atoms with Crippen molar-refractivity contribution in [2.24, 2.45) is 5.73 Å². The number of rotatable bonds is 2.